The van der Waals surface area contributed by atoms with Crippen LogP contribution in [0, 0.1) is 0 Å². The molecule has 1 nitrogen and oxygen atoms in total. The van der Waals surface area contributed by atoms with Gasteiger partial charge in [0.05, 0.1) is 0 Å². The summed E-state index contributed by atoms with van der Waals surface area (Å²) in [6, 6.07) is 19.3. The van der Waals surface area contributed by atoms with Gasteiger partial charge in [-0.05, 0) is 29.3 Å². The van der Waals surface area contributed by atoms with Gasteiger partial charge < -0.3 is 0 Å². The van der Waals surface area contributed by atoms with Crippen molar-refractivity contribution >= 4 is 31.5 Å². The third-order valence-electron chi connectivity index (χ3n) is 3.40. The molecule has 4 aromatic rings. The van der Waals surface area contributed by atoms with Gasteiger partial charge in [0.25, 0.3) is 0 Å². The highest BCUT2D eigenvalue weighted by atomic mass is 32.1. The van der Waals surface area contributed by atoms with Gasteiger partial charge in [-0.1, -0.05) is 36.4 Å². The molecular weight excluding hydrogens is 250 g/mol. The minimum Gasteiger partial charge on any atom is -0.265 e. The number of aromatic nitrogens is 1. The van der Waals surface area contributed by atoms with Crippen molar-refractivity contribution in [1.82, 2.24) is 4.98 Å². The Labute approximate surface area is 115 Å². The van der Waals surface area contributed by atoms with Crippen LogP contribution >= 0.6 is 11.3 Å². The van der Waals surface area contributed by atoms with Crippen LogP contribution in [0.5, 0.6) is 0 Å². The minimum absolute atomic E-state index is 1.23. The SMILES string of the molecule is c1ccc2c(c1)sc1c(-c3ccncc3)cccc12. The van der Waals surface area contributed by atoms with Crippen LogP contribution < -0.4 is 0 Å². The average Bonchev–Trinajstić information content (AvgIpc) is 2.87. The number of nitrogens with zero attached hydrogens (tertiary/aromatic N) is 1. The van der Waals surface area contributed by atoms with E-state index in [-0.39, 0.29) is 0 Å². The number of hydrogen-bond donors (Lipinski definition) is 0. The summed E-state index contributed by atoms with van der Waals surface area (Å²) in [5.74, 6) is 0. The number of fused-ring (bicyclic) bond motifs is 3. The van der Waals surface area contributed by atoms with Gasteiger partial charge in [0.15, 0.2) is 0 Å². The fraction of sp³-hybridized carbons (Fsp3) is 0. The van der Waals surface area contributed by atoms with Gasteiger partial charge in [-0.3, -0.25) is 4.98 Å². The first kappa shape index (κ1) is 10.7. The van der Waals surface area contributed by atoms with Crippen LogP contribution in [0.2, 0.25) is 0 Å². The average molecular weight is 261 g/mol. The molecular formula is C17H11NS. The van der Waals surface area contributed by atoms with Crippen LogP contribution in [0.15, 0.2) is 67.0 Å². The van der Waals surface area contributed by atoms with Gasteiger partial charge in [-0.15, -0.1) is 11.3 Å². The maximum Gasteiger partial charge on any atom is 0.0433 e. The summed E-state index contributed by atoms with van der Waals surface area (Å²) in [5, 5.41) is 2.69. The van der Waals surface area contributed by atoms with E-state index in [1.807, 2.05) is 23.7 Å². The normalized spacial score (nSPS) is 11.2. The molecule has 0 saturated carbocycles. The van der Waals surface area contributed by atoms with Crippen molar-refractivity contribution in [3.63, 3.8) is 0 Å². The van der Waals surface area contributed by atoms with E-state index in [2.05, 4.69) is 59.6 Å². The third-order valence-corrected chi connectivity index (χ3v) is 4.62. The second-order valence-electron chi connectivity index (χ2n) is 4.52. The Morgan fingerprint density at radius 2 is 1.53 bits per heavy atom. The van der Waals surface area contributed by atoms with E-state index in [9.17, 15) is 0 Å². The van der Waals surface area contributed by atoms with Gasteiger partial charge in [0.1, 0.15) is 0 Å². The molecule has 0 spiro atoms. The quantitative estimate of drug-likeness (QED) is 0.463. The summed E-state index contributed by atoms with van der Waals surface area (Å²) < 4.78 is 2.70. The molecule has 2 aromatic heterocycles. The second kappa shape index (κ2) is 4.18. The summed E-state index contributed by atoms with van der Waals surface area (Å²) in [6.07, 6.45) is 3.70. The molecule has 4 rings (SSSR count). The standard InChI is InChI=1S/C17H11NS/c1-2-7-16-14(4-1)15-6-3-5-13(17(15)19-16)12-8-10-18-11-9-12/h1-11H. The van der Waals surface area contributed by atoms with Gasteiger partial charge in [-0.25, -0.2) is 0 Å². The Hall–Kier alpha value is -2.19. The van der Waals surface area contributed by atoms with Crippen molar-refractivity contribution in [3.8, 4) is 11.1 Å². The zero-order valence-electron chi connectivity index (χ0n) is 10.2. The highest BCUT2D eigenvalue weighted by Gasteiger charge is 2.09. The monoisotopic (exact) mass is 261 g/mol. The van der Waals surface area contributed by atoms with E-state index in [0.717, 1.165) is 0 Å². The van der Waals surface area contributed by atoms with Gasteiger partial charge >= 0.3 is 0 Å². The van der Waals surface area contributed by atoms with Crippen molar-refractivity contribution in [1.29, 1.82) is 0 Å². The number of hydrogen-bond acceptors (Lipinski definition) is 2. The molecule has 0 fully saturated rings. The molecule has 0 unspecified atom stereocenters. The number of rotatable bonds is 1. The Balaban J connectivity index is 2.13. The topological polar surface area (TPSA) is 12.9 Å². The predicted molar refractivity (Wildman–Crippen MR) is 82.6 cm³/mol. The highest BCUT2D eigenvalue weighted by Crippen LogP contribution is 2.39. The van der Waals surface area contributed by atoms with Crippen molar-refractivity contribution in [3.05, 3.63) is 67.0 Å². The van der Waals surface area contributed by atoms with Gasteiger partial charge in [-0.2, -0.15) is 0 Å². The molecule has 0 N–H and O–H groups in total. The van der Waals surface area contributed by atoms with Crippen molar-refractivity contribution < 1.29 is 0 Å². The minimum atomic E-state index is 1.23. The maximum atomic E-state index is 4.10. The molecule has 19 heavy (non-hydrogen) atoms. The molecule has 2 heteroatoms. The molecule has 0 aliphatic heterocycles. The Bertz CT molecular complexity index is 862. The Morgan fingerprint density at radius 3 is 2.42 bits per heavy atom. The van der Waals surface area contributed by atoms with E-state index >= 15 is 0 Å². The largest absolute Gasteiger partial charge is 0.265 e. The number of benzene rings is 2. The zero-order chi connectivity index (χ0) is 12.7. The zero-order valence-corrected chi connectivity index (χ0v) is 11.0. The molecule has 0 atom stereocenters. The van der Waals surface area contributed by atoms with Crippen molar-refractivity contribution in [2.45, 2.75) is 0 Å². The van der Waals surface area contributed by atoms with Crippen LogP contribution in [0.25, 0.3) is 31.3 Å². The molecule has 0 amide bonds. The lowest BCUT2D eigenvalue weighted by atomic mass is 10.0. The summed E-state index contributed by atoms with van der Waals surface area (Å²) in [4.78, 5) is 4.10. The summed E-state index contributed by atoms with van der Waals surface area (Å²) in [7, 11) is 0. The third kappa shape index (κ3) is 1.65. The number of thiophene rings is 1. The van der Waals surface area contributed by atoms with Gasteiger partial charge in [0, 0.05) is 32.6 Å². The van der Waals surface area contributed by atoms with Crippen molar-refractivity contribution in [2.24, 2.45) is 0 Å². The van der Waals surface area contributed by atoms with Crippen LogP contribution in [0.3, 0.4) is 0 Å². The predicted octanol–water partition coefficient (Wildman–Crippen LogP) is 5.12. The second-order valence-corrected chi connectivity index (χ2v) is 5.57. The first-order valence-electron chi connectivity index (χ1n) is 6.24. The van der Waals surface area contributed by atoms with E-state index in [0.29, 0.717) is 0 Å². The lowest BCUT2D eigenvalue weighted by Crippen LogP contribution is -1.78. The Morgan fingerprint density at radius 1 is 0.737 bits per heavy atom. The fourth-order valence-electron chi connectivity index (χ4n) is 2.51. The Kier molecular flexibility index (Phi) is 2.35. The molecule has 0 aliphatic carbocycles. The van der Waals surface area contributed by atoms with Crippen LogP contribution in [0.1, 0.15) is 0 Å². The summed E-state index contributed by atoms with van der Waals surface area (Å²) in [5.41, 5.74) is 2.52. The fourth-order valence-corrected chi connectivity index (χ4v) is 3.74. The molecule has 2 aromatic carbocycles. The highest BCUT2D eigenvalue weighted by molar-refractivity contribution is 7.26. The maximum absolute atomic E-state index is 4.10. The van der Waals surface area contributed by atoms with E-state index in [4.69, 9.17) is 0 Å². The lowest BCUT2D eigenvalue weighted by Gasteiger charge is -2.02. The first-order valence-corrected chi connectivity index (χ1v) is 7.06. The van der Waals surface area contributed by atoms with E-state index < -0.39 is 0 Å². The van der Waals surface area contributed by atoms with E-state index in [1.165, 1.54) is 31.3 Å². The molecule has 2 heterocycles. The molecule has 0 radical (unpaired) electrons. The van der Waals surface area contributed by atoms with E-state index in [1.54, 1.807) is 0 Å². The van der Waals surface area contributed by atoms with Crippen LogP contribution in [0.4, 0.5) is 0 Å². The van der Waals surface area contributed by atoms with Gasteiger partial charge in [0.2, 0.25) is 0 Å². The lowest BCUT2D eigenvalue weighted by molar-refractivity contribution is 1.33. The van der Waals surface area contributed by atoms with Crippen LogP contribution in [-0.4, -0.2) is 4.98 Å². The molecule has 0 bridgehead atoms. The number of pyridine rings is 1. The summed E-state index contributed by atoms with van der Waals surface area (Å²) >= 11 is 1.86. The molecule has 90 valence electrons. The van der Waals surface area contributed by atoms with Crippen LogP contribution in [-0.2, 0) is 0 Å². The van der Waals surface area contributed by atoms with Crippen molar-refractivity contribution in [2.75, 3.05) is 0 Å². The molecule has 0 saturated heterocycles. The first-order chi connectivity index (χ1) is 9.43. The summed E-state index contributed by atoms with van der Waals surface area (Å²) in [6.45, 7) is 0. The smallest absolute Gasteiger partial charge is 0.0433 e. The molecule has 0 aliphatic rings.